The number of rotatable bonds is 8. The molecule has 0 saturated carbocycles. The van der Waals surface area contributed by atoms with Gasteiger partial charge in [0.1, 0.15) is 6.54 Å². The zero-order valence-electron chi connectivity index (χ0n) is 18.5. The monoisotopic (exact) mass is 513 g/mol. The van der Waals surface area contributed by atoms with Crippen LogP contribution < -0.4 is 5.32 Å². The van der Waals surface area contributed by atoms with Crippen molar-refractivity contribution in [2.24, 2.45) is 0 Å². The maximum Gasteiger partial charge on any atom is 0.322 e. The van der Waals surface area contributed by atoms with Gasteiger partial charge in [0, 0.05) is 32.5 Å². The minimum atomic E-state index is -0.290. The van der Waals surface area contributed by atoms with Gasteiger partial charge in [-0.05, 0) is 62.7 Å². The van der Waals surface area contributed by atoms with Crippen LogP contribution in [0.4, 0.5) is 10.5 Å². The number of thiophene rings is 1. The fraction of sp³-hybridized carbons (Fsp3) is 0.280. The van der Waals surface area contributed by atoms with E-state index in [2.05, 4.69) is 40.3 Å². The number of carbonyl (C=O) groups excluding carboxylic acids is 2. The lowest BCUT2D eigenvalue weighted by atomic mass is 10.2. The van der Waals surface area contributed by atoms with Gasteiger partial charge >= 0.3 is 6.03 Å². The molecule has 1 aromatic heterocycles. The third-order valence-corrected chi connectivity index (χ3v) is 6.51. The smallest absolute Gasteiger partial charge is 0.322 e. The average Bonchev–Trinajstić information content (AvgIpc) is 3.18. The molecule has 0 aliphatic rings. The van der Waals surface area contributed by atoms with Crippen LogP contribution in [0.15, 0.2) is 71.2 Å². The maximum atomic E-state index is 13.4. The molecule has 5 nitrogen and oxygen atoms in total. The molecule has 0 saturated heterocycles. The van der Waals surface area contributed by atoms with Gasteiger partial charge in [0.25, 0.3) is 0 Å². The molecule has 2 aromatic carbocycles. The number of anilines is 1. The first-order valence-electron chi connectivity index (χ1n) is 10.5. The summed E-state index contributed by atoms with van der Waals surface area (Å²) in [6, 6.07) is 21.0. The molecule has 3 aromatic rings. The van der Waals surface area contributed by atoms with Gasteiger partial charge in [-0.2, -0.15) is 0 Å². The highest BCUT2D eigenvalue weighted by molar-refractivity contribution is 9.10. The van der Waals surface area contributed by atoms with Crippen molar-refractivity contribution in [3.63, 3.8) is 0 Å². The Morgan fingerprint density at radius 1 is 0.969 bits per heavy atom. The van der Waals surface area contributed by atoms with Gasteiger partial charge in [-0.1, -0.05) is 46.3 Å². The van der Waals surface area contributed by atoms with E-state index in [0.717, 1.165) is 14.9 Å². The fourth-order valence-electron chi connectivity index (χ4n) is 3.26. The summed E-state index contributed by atoms with van der Waals surface area (Å²) >= 11 is 5.08. The highest BCUT2D eigenvalue weighted by atomic mass is 79.9. The van der Waals surface area contributed by atoms with Gasteiger partial charge in [0.15, 0.2) is 0 Å². The van der Waals surface area contributed by atoms with Crippen LogP contribution in [0.3, 0.4) is 0 Å². The summed E-state index contributed by atoms with van der Waals surface area (Å²) in [6.45, 7) is 6.92. The Morgan fingerprint density at radius 3 is 2.25 bits per heavy atom. The van der Waals surface area contributed by atoms with E-state index in [1.165, 1.54) is 4.88 Å². The first kappa shape index (κ1) is 24.0. The predicted molar refractivity (Wildman–Crippen MR) is 135 cm³/mol. The number of hydrogen-bond donors (Lipinski definition) is 1. The van der Waals surface area contributed by atoms with E-state index in [9.17, 15) is 9.59 Å². The molecule has 0 atom stereocenters. The van der Waals surface area contributed by atoms with Crippen molar-refractivity contribution in [2.45, 2.75) is 39.9 Å². The number of hydrogen-bond acceptors (Lipinski definition) is 3. The molecule has 32 heavy (non-hydrogen) atoms. The summed E-state index contributed by atoms with van der Waals surface area (Å²) in [5.41, 5.74) is 1.75. The largest absolute Gasteiger partial charge is 0.332 e. The van der Waals surface area contributed by atoms with Crippen molar-refractivity contribution in [3.8, 4) is 0 Å². The summed E-state index contributed by atoms with van der Waals surface area (Å²) in [5, 5.41) is 2.90. The number of aryl methyl sites for hydroxylation is 1. The SMILES string of the molecule is Cc1ccc(CN(Cc2ccccc2)C(=O)CN(C(=O)Nc2ccc(Br)cc2)C(C)C)s1. The Kier molecular flexibility index (Phi) is 8.47. The lowest BCUT2D eigenvalue weighted by molar-refractivity contribution is -0.133. The molecule has 0 aliphatic heterocycles. The van der Waals surface area contributed by atoms with Crippen LogP contribution >= 0.6 is 27.3 Å². The Labute approximate surface area is 202 Å². The standard InChI is InChI=1S/C25H28BrN3O2S/c1-18(2)29(25(31)27-22-12-10-21(26)11-13-22)17-24(30)28(15-20-7-5-4-6-8-20)16-23-14-9-19(3)32-23/h4-14,18H,15-17H2,1-3H3,(H,27,31). The summed E-state index contributed by atoms with van der Waals surface area (Å²) < 4.78 is 0.937. The average molecular weight is 514 g/mol. The van der Waals surface area contributed by atoms with Crippen molar-refractivity contribution in [1.82, 2.24) is 9.80 Å². The molecular formula is C25H28BrN3O2S. The lowest BCUT2D eigenvalue weighted by Gasteiger charge is -2.30. The van der Waals surface area contributed by atoms with Crippen LogP contribution in [0, 0.1) is 6.92 Å². The zero-order chi connectivity index (χ0) is 23.1. The van der Waals surface area contributed by atoms with Crippen LogP contribution in [0.5, 0.6) is 0 Å². The minimum Gasteiger partial charge on any atom is -0.332 e. The molecule has 3 amide bonds. The topological polar surface area (TPSA) is 52.7 Å². The summed E-state index contributed by atoms with van der Waals surface area (Å²) in [5.74, 6) is -0.0837. The zero-order valence-corrected chi connectivity index (χ0v) is 20.9. The lowest BCUT2D eigenvalue weighted by Crippen LogP contribution is -2.47. The Bertz CT molecular complexity index is 1030. The number of carbonyl (C=O) groups is 2. The number of nitrogens with one attached hydrogen (secondary N) is 1. The van der Waals surface area contributed by atoms with E-state index in [0.29, 0.717) is 18.8 Å². The molecule has 0 radical (unpaired) electrons. The molecule has 1 N–H and O–H groups in total. The van der Waals surface area contributed by atoms with Crippen molar-refractivity contribution in [2.75, 3.05) is 11.9 Å². The minimum absolute atomic E-state index is 0.0111. The van der Waals surface area contributed by atoms with E-state index in [1.54, 1.807) is 16.2 Å². The highest BCUT2D eigenvalue weighted by Crippen LogP contribution is 2.20. The molecule has 0 fully saturated rings. The van der Waals surface area contributed by atoms with Crippen LogP contribution in [0.2, 0.25) is 0 Å². The van der Waals surface area contributed by atoms with Gasteiger partial charge < -0.3 is 15.1 Å². The van der Waals surface area contributed by atoms with Gasteiger partial charge in [-0.25, -0.2) is 4.79 Å². The van der Waals surface area contributed by atoms with Crippen molar-refractivity contribution in [3.05, 3.63) is 86.5 Å². The third-order valence-electron chi connectivity index (χ3n) is 5.00. The van der Waals surface area contributed by atoms with E-state index >= 15 is 0 Å². The molecule has 0 bridgehead atoms. The van der Waals surface area contributed by atoms with Gasteiger partial charge in [0.05, 0.1) is 6.54 Å². The second kappa shape index (κ2) is 11.3. The number of halogens is 1. The number of benzene rings is 2. The van der Waals surface area contributed by atoms with Crippen LogP contribution in [0.1, 0.15) is 29.2 Å². The number of urea groups is 1. The maximum absolute atomic E-state index is 13.4. The van der Waals surface area contributed by atoms with Gasteiger partial charge in [-0.3, -0.25) is 4.79 Å². The third kappa shape index (κ3) is 6.93. The molecule has 168 valence electrons. The quantitative estimate of drug-likeness (QED) is 0.384. The molecule has 1 heterocycles. The van der Waals surface area contributed by atoms with E-state index in [1.807, 2.05) is 73.3 Å². The van der Waals surface area contributed by atoms with E-state index in [4.69, 9.17) is 0 Å². The molecule has 0 spiro atoms. The fourth-order valence-corrected chi connectivity index (χ4v) is 4.43. The van der Waals surface area contributed by atoms with E-state index < -0.39 is 0 Å². The van der Waals surface area contributed by atoms with Crippen molar-refractivity contribution >= 4 is 44.9 Å². The molecule has 0 unspecified atom stereocenters. The van der Waals surface area contributed by atoms with Gasteiger partial charge in [0.2, 0.25) is 5.91 Å². The van der Waals surface area contributed by atoms with Crippen LogP contribution in [0.25, 0.3) is 0 Å². The Hall–Kier alpha value is -2.64. The van der Waals surface area contributed by atoms with Gasteiger partial charge in [-0.15, -0.1) is 11.3 Å². The predicted octanol–water partition coefficient (Wildman–Crippen LogP) is 6.29. The van der Waals surface area contributed by atoms with Crippen LogP contribution in [-0.4, -0.2) is 34.3 Å². The number of nitrogens with zero attached hydrogens (tertiary/aromatic N) is 2. The Balaban J connectivity index is 1.74. The Morgan fingerprint density at radius 2 is 1.66 bits per heavy atom. The molecular weight excluding hydrogens is 486 g/mol. The second-order valence-corrected chi connectivity index (χ2v) is 10.2. The number of amides is 3. The van der Waals surface area contributed by atoms with Crippen molar-refractivity contribution < 1.29 is 9.59 Å². The second-order valence-electron chi connectivity index (χ2n) is 7.91. The summed E-state index contributed by atoms with van der Waals surface area (Å²) in [6.07, 6.45) is 0. The normalized spacial score (nSPS) is 10.8. The van der Waals surface area contributed by atoms with Crippen LogP contribution in [-0.2, 0) is 17.9 Å². The first-order valence-corrected chi connectivity index (χ1v) is 12.1. The van der Waals surface area contributed by atoms with E-state index in [-0.39, 0.29) is 24.5 Å². The molecule has 7 heteroatoms. The molecule has 0 aliphatic carbocycles. The first-order chi connectivity index (χ1) is 15.3. The van der Waals surface area contributed by atoms with Crippen molar-refractivity contribution in [1.29, 1.82) is 0 Å². The highest BCUT2D eigenvalue weighted by Gasteiger charge is 2.24. The molecule has 3 rings (SSSR count). The summed E-state index contributed by atoms with van der Waals surface area (Å²) in [7, 11) is 0. The summed E-state index contributed by atoms with van der Waals surface area (Å²) in [4.78, 5) is 32.1.